The lowest BCUT2D eigenvalue weighted by atomic mass is 10.1. The van der Waals surface area contributed by atoms with E-state index in [2.05, 4.69) is 25.6 Å². The van der Waals surface area contributed by atoms with Crippen molar-refractivity contribution in [2.24, 2.45) is 0 Å². The van der Waals surface area contributed by atoms with Crippen molar-refractivity contribution in [3.05, 3.63) is 114 Å². The third-order valence-electron chi connectivity index (χ3n) is 4.86. The number of amides is 1. The molecule has 0 spiro atoms. The van der Waals surface area contributed by atoms with Gasteiger partial charge in [0, 0.05) is 59.1 Å². The van der Waals surface area contributed by atoms with Crippen molar-refractivity contribution in [2.75, 3.05) is 10.6 Å². The van der Waals surface area contributed by atoms with E-state index < -0.39 is 66.1 Å². The Morgan fingerprint density at radius 2 is 1.92 bits per heavy atom. The molecule has 0 saturated carbocycles. The highest BCUT2D eigenvalue weighted by atomic mass is 16.1. The van der Waals surface area contributed by atoms with Gasteiger partial charge >= 0.3 is 0 Å². The van der Waals surface area contributed by atoms with Crippen molar-refractivity contribution >= 4 is 23.2 Å². The van der Waals surface area contributed by atoms with Crippen molar-refractivity contribution in [3.8, 4) is 16.9 Å². The van der Waals surface area contributed by atoms with Crippen LogP contribution in [0, 0.1) is 20.8 Å². The van der Waals surface area contributed by atoms with E-state index in [0.29, 0.717) is 5.56 Å². The number of hydrogen-bond donors (Lipinski definition) is 2. The average Bonchev–Trinajstić information content (AvgIpc) is 3.28. The summed E-state index contributed by atoms with van der Waals surface area (Å²) in [6.07, 6.45) is -0.0666. The number of aromatic nitrogens is 4. The fourth-order valence-electron chi connectivity index (χ4n) is 3.18. The molecule has 7 nitrogen and oxygen atoms in total. The summed E-state index contributed by atoms with van der Waals surface area (Å²) in [7, 11) is 0. The van der Waals surface area contributed by atoms with Gasteiger partial charge in [0.15, 0.2) is 0 Å². The van der Waals surface area contributed by atoms with E-state index in [9.17, 15) is 4.79 Å². The van der Waals surface area contributed by atoms with Gasteiger partial charge < -0.3 is 15.2 Å². The van der Waals surface area contributed by atoms with Crippen LogP contribution in [0.5, 0.6) is 0 Å². The number of carbonyl (C=O) groups is 1. The van der Waals surface area contributed by atoms with Crippen molar-refractivity contribution in [1.82, 2.24) is 19.5 Å². The van der Waals surface area contributed by atoms with Gasteiger partial charge in [0.2, 0.25) is 5.95 Å². The molecule has 5 aromatic rings. The first-order valence-electron chi connectivity index (χ1n) is 16.7. The van der Waals surface area contributed by atoms with Crippen LogP contribution in [-0.4, -0.2) is 25.4 Å². The minimum atomic E-state index is -1.11. The van der Waals surface area contributed by atoms with Crippen molar-refractivity contribution < 1.29 is 21.2 Å². The van der Waals surface area contributed by atoms with Crippen LogP contribution in [-0.2, 0) is 0 Å². The quantitative estimate of drug-likeness (QED) is 0.296. The van der Waals surface area contributed by atoms with Crippen molar-refractivity contribution in [3.63, 3.8) is 0 Å². The molecule has 2 N–H and O–H groups in total. The monoisotopic (exact) mass is 486 g/mol. The van der Waals surface area contributed by atoms with Gasteiger partial charge in [-0.1, -0.05) is 6.04 Å². The lowest BCUT2D eigenvalue weighted by Crippen LogP contribution is -2.13. The van der Waals surface area contributed by atoms with Gasteiger partial charge in [0.25, 0.3) is 5.91 Å². The van der Waals surface area contributed by atoms with E-state index in [1.807, 2.05) is 0 Å². The first kappa shape index (κ1) is 12.8. The molecule has 0 atom stereocenters. The van der Waals surface area contributed by atoms with Crippen LogP contribution in [0.15, 0.2) is 91.4 Å². The predicted octanol–water partition coefficient (Wildman–Crippen LogP) is 6.25. The number of anilines is 3. The molecule has 0 aliphatic heterocycles. The summed E-state index contributed by atoms with van der Waals surface area (Å²) in [6.45, 7) is 4.44. The fraction of sp³-hybridized carbons (Fsp3) is 0.103. The Labute approximate surface area is 226 Å². The lowest BCUT2D eigenvalue weighted by molar-refractivity contribution is 0.102. The molecule has 0 aliphatic carbocycles. The zero-order valence-corrected chi connectivity index (χ0v) is 19.4. The van der Waals surface area contributed by atoms with Crippen LogP contribution >= 0.6 is 0 Å². The van der Waals surface area contributed by atoms with E-state index in [0.717, 1.165) is 4.57 Å². The van der Waals surface area contributed by atoms with Gasteiger partial charge in [-0.25, -0.2) is 9.97 Å². The van der Waals surface area contributed by atoms with Crippen LogP contribution in [0.25, 0.3) is 16.9 Å². The zero-order valence-electron chi connectivity index (χ0n) is 31.4. The zero-order chi connectivity index (χ0) is 35.5. The van der Waals surface area contributed by atoms with Crippen LogP contribution in [0.2, 0.25) is 0 Å². The number of aryl methyl sites for hydroxylation is 1. The molecule has 178 valence electrons. The molecule has 0 bridgehead atoms. The molecule has 7 heteroatoms. The van der Waals surface area contributed by atoms with Crippen LogP contribution < -0.4 is 10.6 Å². The molecular weight excluding hydrogens is 448 g/mol. The second-order valence-electron chi connectivity index (χ2n) is 7.68. The Morgan fingerprint density at radius 1 is 1.03 bits per heavy atom. The molecule has 5 rings (SSSR count). The molecule has 0 saturated heterocycles. The number of rotatable bonds is 6. The minimum Gasteiger partial charge on any atom is -0.324 e. The summed E-state index contributed by atoms with van der Waals surface area (Å²) in [6, 6.07) is -1.03. The molecule has 1 amide bonds. The molecule has 2 aromatic carbocycles. The largest absolute Gasteiger partial charge is 0.324 e. The van der Waals surface area contributed by atoms with Crippen LogP contribution in [0.3, 0.4) is 0 Å². The maximum absolute atomic E-state index is 13.7. The maximum Gasteiger partial charge on any atom is 0.255 e. The van der Waals surface area contributed by atoms with Gasteiger partial charge in [-0.2, -0.15) is 0 Å². The van der Waals surface area contributed by atoms with Gasteiger partial charge in [0.1, 0.15) is 0 Å². The van der Waals surface area contributed by atoms with E-state index in [-0.39, 0.29) is 63.8 Å². The highest BCUT2D eigenvalue weighted by Crippen LogP contribution is 2.24. The topological polar surface area (TPSA) is 84.7 Å². The Kier molecular flexibility index (Phi) is 3.49. The Hall–Kier alpha value is -4.78. The van der Waals surface area contributed by atoms with Gasteiger partial charge in [-0.05, 0) is 91.9 Å². The lowest BCUT2D eigenvalue weighted by Gasteiger charge is -2.13. The number of carbonyl (C=O) groups excluding carboxylic acids is 1. The molecule has 0 unspecified atom stereocenters. The summed E-state index contributed by atoms with van der Waals surface area (Å²) in [5, 5.41) is 5.16. The fourth-order valence-corrected chi connectivity index (χ4v) is 3.18. The maximum atomic E-state index is 13.7. The van der Waals surface area contributed by atoms with E-state index in [4.69, 9.17) is 16.4 Å². The molecule has 0 radical (unpaired) electrons. The van der Waals surface area contributed by atoms with E-state index in [1.165, 1.54) is 32.2 Å². The summed E-state index contributed by atoms with van der Waals surface area (Å²) < 4.78 is 101. The number of nitrogens with one attached hydrogen (secondary N) is 2. The Morgan fingerprint density at radius 3 is 2.75 bits per heavy atom. The Balaban J connectivity index is 1.59. The van der Waals surface area contributed by atoms with E-state index >= 15 is 0 Å². The van der Waals surface area contributed by atoms with Gasteiger partial charge in [0.05, 0.1) is 22.1 Å². The highest BCUT2D eigenvalue weighted by molar-refractivity contribution is 6.05. The standard InChI is InChI=1S/C29H26N6O/c1-19-9-12-35(18-19)25-14-20(2)13-24(16-25)32-28(36)22-7-6-21(3)27(15-22)34-29-31-11-8-26(33-29)23-5-4-10-30-17-23/h4-18H,1-3H3,(H,32,36)(H,31,33,34)/i4D,5D,6D,7D,10D,12D,13D,14D,15D,16D,17D,18D. The third kappa shape index (κ3) is 5.15. The summed E-state index contributed by atoms with van der Waals surface area (Å²) in [4.78, 5) is 25.7. The molecule has 0 fully saturated rings. The first-order chi connectivity index (χ1) is 22.5. The van der Waals surface area contributed by atoms with Crippen LogP contribution in [0.4, 0.5) is 17.3 Å². The molecular formula is C29H26N6O. The van der Waals surface area contributed by atoms with Gasteiger partial charge in [-0.15, -0.1) is 0 Å². The normalized spacial score (nSPS) is 15.4. The molecule has 3 aromatic heterocycles. The predicted molar refractivity (Wildman–Crippen MR) is 143 cm³/mol. The molecule has 36 heavy (non-hydrogen) atoms. The molecule has 0 aliphatic rings. The van der Waals surface area contributed by atoms with Crippen molar-refractivity contribution in [2.45, 2.75) is 20.8 Å². The third-order valence-corrected chi connectivity index (χ3v) is 4.86. The van der Waals surface area contributed by atoms with Crippen LogP contribution in [0.1, 0.15) is 43.5 Å². The van der Waals surface area contributed by atoms with Crippen molar-refractivity contribution in [1.29, 1.82) is 0 Å². The second kappa shape index (κ2) is 9.84. The second-order valence-corrected chi connectivity index (χ2v) is 7.68. The SMILES string of the molecule is [2H]c1nc([2H])c(-c2ccnc(Nc3c([2H])c(C(=O)Nc4c([2H])c(C)c([2H])c(-n5c([2H])cc(C)c5[2H])c4[2H])c([2H])c([2H])c3C)n2)c([2H])c1[2H]. The minimum absolute atomic E-state index is 0.00776. The molecule has 3 heterocycles. The summed E-state index contributed by atoms with van der Waals surface area (Å²) in [5.74, 6) is -1.29. The van der Waals surface area contributed by atoms with E-state index in [1.54, 1.807) is 6.92 Å². The average molecular weight is 487 g/mol. The smallest absolute Gasteiger partial charge is 0.255 e. The van der Waals surface area contributed by atoms with Gasteiger partial charge in [-0.3, -0.25) is 9.78 Å². The highest BCUT2D eigenvalue weighted by Gasteiger charge is 2.12. The Bertz CT molecular complexity index is 2190. The summed E-state index contributed by atoms with van der Waals surface area (Å²) >= 11 is 0. The first-order valence-corrected chi connectivity index (χ1v) is 10.7. The number of hydrogen-bond acceptors (Lipinski definition) is 5. The number of nitrogens with zero attached hydrogens (tertiary/aromatic N) is 4. The number of pyridine rings is 1. The summed E-state index contributed by atoms with van der Waals surface area (Å²) in [5.41, 5.74) is -0.907. The number of benzene rings is 2.